The molecule has 2 amide bonds. The highest BCUT2D eigenvalue weighted by Crippen LogP contribution is 2.18. The Morgan fingerprint density at radius 3 is 2.85 bits per heavy atom. The number of nitrogens with one attached hydrogen (secondary N) is 2. The van der Waals surface area contributed by atoms with Crippen molar-refractivity contribution < 1.29 is 4.79 Å². The summed E-state index contributed by atoms with van der Waals surface area (Å²) < 4.78 is 1.85. The maximum Gasteiger partial charge on any atom is 0.315 e. The molecule has 3 rings (SSSR count). The molecule has 1 fully saturated rings. The van der Waals surface area contributed by atoms with Crippen LogP contribution in [-0.2, 0) is 6.42 Å². The average Bonchev–Trinajstić information content (AvgIpc) is 3.15. The summed E-state index contributed by atoms with van der Waals surface area (Å²) in [6, 6.07) is 10.3. The van der Waals surface area contributed by atoms with Gasteiger partial charge in [-0.05, 0) is 37.0 Å². The highest BCUT2D eigenvalue weighted by atomic mass is 16.2. The maximum atomic E-state index is 11.5. The van der Waals surface area contributed by atoms with E-state index in [9.17, 15) is 4.79 Å². The molecular formula is C15H18N4O. The fourth-order valence-electron chi connectivity index (χ4n) is 2.00. The van der Waals surface area contributed by atoms with Crippen LogP contribution in [0, 0.1) is 0 Å². The summed E-state index contributed by atoms with van der Waals surface area (Å²) in [7, 11) is 0. The molecule has 1 aromatic carbocycles. The number of para-hydroxylation sites is 1. The summed E-state index contributed by atoms with van der Waals surface area (Å²) in [5.74, 6) is 0. The van der Waals surface area contributed by atoms with Crippen molar-refractivity contribution in [2.24, 2.45) is 0 Å². The van der Waals surface area contributed by atoms with Crippen molar-refractivity contribution in [3.8, 4) is 5.69 Å². The molecule has 0 atom stereocenters. The number of hydrogen-bond acceptors (Lipinski definition) is 2. The molecule has 0 spiro atoms. The van der Waals surface area contributed by atoms with Crippen LogP contribution in [0.15, 0.2) is 42.7 Å². The minimum Gasteiger partial charge on any atom is -0.338 e. The van der Waals surface area contributed by atoms with Gasteiger partial charge in [0, 0.05) is 18.8 Å². The summed E-state index contributed by atoms with van der Waals surface area (Å²) in [5, 5.41) is 10.1. The molecule has 5 nitrogen and oxygen atoms in total. The summed E-state index contributed by atoms with van der Waals surface area (Å²) in [6.45, 7) is 0.624. The van der Waals surface area contributed by atoms with Crippen LogP contribution >= 0.6 is 0 Å². The number of benzene rings is 1. The summed E-state index contributed by atoms with van der Waals surface area (Å²) in [4.78, 5) is 11.5. The van der Waals surface area contributed by atoms with Crippen molar-refractivity contribution in [2.45, 2.75) is 25.3 Å². The van der Waals surface area contributed by atoms with E-state index in [4.69, 9.17) is 0 Å². The number of urea groups is 1. The Bertz CT molecular complexity index is 575. The molecule has 1 aromatic heterocycles. The first-order valence-electron chi connectivity index (χ1n) is 6.94. The molecule has 2 aromatic rings. The molecule has 5 heteroatoms. The van der Waals surface area contributed by atoms with Crippen LogP contribution in [0.4, 0.5) is 4.79 Å². The van der Waals surface area contributed by atoms with Crippen LogP contribution in [0.3, 0.4) is 0 Å². The van der Waals surface area contributed by atoms with Gasteiger partial charge in [0.15, 0.2) is 0 Å². The third-order valence-electron chi connectivity index (χ3n) is 3.27. The van der Waals surface area contributed by atoms with Gasteiger partial charge in [-0.25, -0.2) is 9.48 Å². The van der Waals surface area contributed by atoms with Gasteiger partial charge in [-0.1, -0.05) is 18.2 Å². The third-order valence-corrected chi connectivity index (χ3v) is 3.27. The van der Waals surface area contributed by atoms with Crippen LogP contribution in [0.2, 0.25) is 0 Å². The number of carbonyl (C=O) groups is 1. The van der Waals surface area contributed by atoms with E-state index in [1.165, 1.54) is 0 Å². The second-order valence-electron chi connectivity index (χ2n) is 5.05. The van der Waals surface area contributed by atoms with E-state index in [0.29, 0.717) is 12.6 Å². The summed E-state index contributed by atoms with van der Waals surface area (Å²) >= 11 is 0. The zero-order valence-corrected chi connectivity index (χ0v) is 11.2. The number of nitrogens with zero attached hydrogens (tertiary/aromatic N) is 2. The SMILES string of the molecule is O=C(NCCc1cnn(-c2ccccc2)c1)NC1CC1. The van der Waals surface area contributed by atoms with Gasteiger partial charge < -0.3 is 10.6 Å². The lowest BCUT2D eigenvalue weighted by Crippen LogP contribution is -2.37. The third kappa shape index (κ3) is 3.38. The summed E-state index contributed by atoms with van der Waals surface area (Å²) in [5.41, 5.74) is 2.15. The Balaban J connectivity index is 1.48. The van der Waals surface area contributed by atoms with Crippen molar-refractivity contribution in [1.29, 1.82) is 0 Å². The number of rotatable bonds is 5. The molecule has 0 radical (unpaired) electrons. The van der Waals surface area contributed by atoms with Gasteiger partial charge in [-0.2, -0.15) is 5.10 Å². The Hall–Kier alpha value is -2.30. The van der Waals surface area contributed by atoms with E-state index in [-0.39, 0.29) is 6.03 Å². The first-order valence-corrected chi connectivity index (χ1v) is 6.94. The first-order chi connectivity index (χ1) is 9.81. The smallest absolute Gasteiger partial charge is 0.315 e. The first kappa shape index (κ1) is 12.7. The molecule has 1 aliphatic rings. The Labute approximate surface area is 118 Å². The van der Waals surface area contributed by atoms with Gasteiger partial charge >= 0.3 is 6.03 Å². The fraction of sp³-hybridized carbons (Fsp3) is 0.333. The van der Waals surface area contributed by atoms with E-state index >= 15 is 0 Å². The van der Waals surface area contributed by atoms with Gasteiger partial charge in [-0.15, -0.1) is 0 Å². The molecule has 1 heterocycles. The molecule has 2 N–H and O–H groups in total. The predicted octanol–water partition coefficient (Wildman–Crippen LogP) is 1.88. The number of carbonyl (C=O) groups excluding carboxylic acids is 1. The van der Waals surface area contributed by atoms with Crippen molar-refractivity contribution in [3.63, 3.8) is 0 Å². The quantitative estimate of drug-likeness (QED) is 0.871. The minimum absolute atomic E-state index is 0.0667. The van der Waals surface area contributed by atoms with Crippen LogP contribution < -0.4 is 10.6 Å². The van der Waals surface area contributed by atoms with Crippen LogP contribution in [0.1, 0.15) is 18.4 Å². The number of amides is 2. The number of hydrogen-bond donors (Lipinski definition) is 2. The zero-order valence-electron chi connectivity index (χ0n) is 11.2. The normalized spacial score (nSPS) is 14.0. The van der Waals surface area contributed by atoms with Gasteiger partial charge in [0.2, 0.25) is 0 Å². The second kappa shape index (κ2) is 5.77. The minimum atomic E-state index is -0.0667. The molecule has 1 saturated carbocycles. The van der Waals surface area contributed by atoms with Gasteiger partial charge in [0.05, 0.1) is 11.9 Å². The lowest BCUT2D eigenvalue weighted by atomic mass is 10.2. The monoisotopic (exact) mass is 270 g/mol. The fourth-order valence-corrected chi connectivity index (χ4v) is 2.00. The van der Waals surface area contributed by atoms with Crippen molar-refractivity contribution in [3.05, 3.63) is 48.3 Å². The molecule has 1 aliphatic carbocycles. The highest BCUT2D eigenvalue weighted by molar-refractivity contribution is 5.74. The van der Waals surface area contributed by atoms with Crippen LogP contribution in [-0.4, -0.2) is 28.4 Å². The van der Waals surface area contributed by atoms with E-state index in [0.717, 1.165) is 30.5 Å². The maximum absolute atomic E-state index is 11.5. The predicted molar refractivity (Wildman–Crippen MR) is 76.8 cm³/mol. The van der Waals surface area contributed by atoms with Gasteiger partial charge in [0.1, 0.15) is 0 Å². The van der Waals surface area contributed by atoms with Crippen LogP contribution in [0.5, 0.6) is 0 Å². The van der Waals surface area contributed by atoms with E-state index in [1.807, 2.05) is 47.4 Å². The van der Waals surface area contributed by atoms with Crippen molar-refractivity contribution >= 4 is 6.03 Å². The molecule has 20 heavy (non-hydrogen) atoms. The average molecular weight is 270 g/mol. The van der Waals surface area contributed by atoms with Crippen molar-refractivity contribution in [2.75, 3.05) is 6.54 Å². The molecular weight excluding hydrogens is 252 g/mol. The molecule has 104 valence electrons. The Morgan fingerprint density at radius 1 is 1.30 bits per heavy atom. The highest BCUT2D eigenvalue weighted by Gasteiger charge is 2.22. The molecule has 0 aliphatic heterocycles. The molecule has 0 saturated heterocycles. The number of aromatic nitrogens is 2. The van der Waals surface area contributed by atoms with E-state index in [2.05, 4.69) is 15.7 Å². The van der Waals surface area contributed by atoms with E-state index in [1.54, 1.807) is 0 Å². The zero-order chi connectivity index (χ0) is 13.8. The molecule has 0 bridgehead atoms. The van der Waals surface area contributed by atoms with Gasteiger partial charge in [-0.3, -0.25) is 0 Å². The molecule has 0 unspecified atom stereocenters. The topological polar surface area (TPSA) is 59.0 Å². The van der Waals surface area contributed by atoms with Gasteiger partial charge in [0.25, 0.3) is 0 Å². The largest absolute Gasteiger partial charge is 0.338 e. The van der Waals surface area contributed by atoms with E-state index < -0.39 is 0 Å². The van der Waals surface area contributed by atoms with Crippen molar-refractivity contribution in [1.82, 2.24) is 20.4 Å². The summed E-state index contributed by atoms with van der Waals surface area (Å²) in [6.07, 6.45) is 6.84. The Kier molecular flexibility index (Phi) is 3.67. The second-order valence-corrected chi connectivity index (χ2v) is 5.05. The lowest BCUT2D eigenvalue weighted by Gasteiger charge is -2.05. The lowest BCUT2D eigenvalue weighted by molar-refractivity contribution is 0.240. The standard InChI is InChI=1S/C15H18N4O/c20-15(18-13-6-7-13)16-9-8-12-10-17-19(11-12)14-4-2-1-3-5-14/h1-5,10-11,13H,6-9H2,(H2,16,18,20). The van der Waals surface area contributed by atoms with Crippen LogP contribution in [0.25, 0.3) is 5.69 Å². The Morgan fingerprint density at radius 2 is 2.10 bits per heavy atom.